The third-order valence-corrected chi connectivity index (χ3v) is 4.59. The first-order valence-electron chi connectivity index (χ1n) is 5.81. The molecule has 1 nitrogen and oxygen atoms in total. The Bertz CT molecular complexity index is 407. The highest BCUT2D eigenvalue weighted by molar-refractivity contribution is 9.09. The molecule has 1 fully saturated rings. The molecule has 1 aliphatic rings. The normalized spacial score (nSPS) is 18.2. The van der Waals surface area contributed by atoms with Crippen LogP contribution in [-0.2, 0) is 6.18 Å². The van der Waals surface area contributed by atoms with Crippen LogP contribution in [0, 0.1) is 5.41 Å². The van der Waals surface area contributed by atoms with Crippen molar-refractivity contribution < 1.29 is 17.9 Å². The first-order valence-corrected chi connectivity index (χ1v) is 6.93. The second-order valence-electron chi connectivity index (χ2n) is 4.80. The molecule has 1 aromatic rings. The van der Waals surface area contributed by atoms with Crippen molar-refractivity contribution in [2.24, 2.45) is 5.41 Å². The molecule has 0 atom stereocenters. The Kier molecular flexibility index (Phi) is 3.90. The average molecular weight is 323 g/mol. The van der Waals surface area contributed by atoms with Crippen LogP contribution in [0.4, 0.5) is 13.2 Å². The lowest BCUT2D eigenvalue weighted by Gasteiger charge is -2.39. The Balaban J connectivity index is 2.01. The van der Waals surface area contributed by atoms with Gasteiger partial charge in [0.05, 0.1) is 12.2 Å². The van der Waals surface area contributed by atoms with Crippen molar-refractivity contribution in [1.82, 2.24) is 0 Å². The molecule has 2 rings (SSSR count). The average Bonchev–Trinajstić information content (AvgIpc) is 2.27. The third kappa shape index (κ3) is 2.99. The summed E-state index contributed by atoms with van der Waals surface area (Å²) in [5.74, 6) is 0.289. The Labute approximate surface area is 112 Å². The van der Waals surface area contributed by atoms with Crippen LogP contribution in [0.5, 0.6) is 5.75 Å². The molecule has 0 amide bonds. The minimum atomic E-state index is -4.32. The van der Waals surface area contributed by atoms with Gasteiger partial charge in [-0.05, 0) is 31.0 Å². The molecule has 0 aliphatic heterocycles. The fraction of sp³-hybridized carbons (Fsp3) is 0.538. The molecular formula is C13H14BrF3O. The minimum absolute atomic E-state index is 0.105. The van der Waals surface area contributed by atoms with E-state index in [1.54, 1.807) is 6.07 Å². The predicted octanol–water partition coefficient (Wildman–Crippen LogP) is 4.65. The quantitative estimate of drug-likeness (QED) is 0.733. The molecule has 0 saturated heterocycles. The summed E-state index contributed by atoms with van der Waals surface area (Å²) in [6.07, 6.45) is -1.02. The van der Waals surface area contributed by atoms with Crippen molar-refractivity contribution in [2.45, 2.75) is 25.4 Å². The van der Waals surface area contributed by atoms with E-state index < -0.39 is 11.7 Å². The van der Waals surface area contributed by atoms with Crippen molar-refractivity contribution in [1.29, 1.82) is 0 Å². The van der Waals surface area contributed by atoms with Gasteiger partial charge in [-0.3, -0.25) is 0 Å². The molecule has 0 N–H and O–H groups in total. The topological polar surface area (TPSA) is 9.23 Å². The molecule has 18 heavy (non-hydrogen) atoms. The molecule has 1 aliphatic carbocycles. The van der Waals surface area contributed by atoms with Crippen molar-refractivity contribution in [3.63, 3.8) is 0 Å². The maximum absolute atomic E-state index is 12.5. The molecule has 0 bridgehead atoms. The number of benzene rings is 1. The van der Waals surface area contributed by atoms with Crippen LogP contribution in [0.3, 0.4) is 0 Å². The van der Waals surface area contributed by atoms with Gasteiger partial charge in [0.1, 0.15) is 5.75 Å². The zero-order valence-electron chi connectivity index (χ0n) is 9.77. The van der Waals surface area contributed by atoms with E-state index in [1.807, 2.05) is 0 Å². The highest BCUT2D eigenvalue weighted by Crippen LogP contribution is 2.42. The maximum Gasteiger partial charge on any atom is 0.416 e. The van der Waals surface area contributed by atoms with E-state index in [-0.39, 0.29) is 11.2 Å². The van der Waals surface area contributed by atoms with Gasteiger partial charge < -0.3 is 4.74 Å². The second-order valence-corrected chi connectivity index (χ2v) is 5.36. The van der Waals surface area contributed by atoms with Gasteiger partial charge in [-0.25, -0.2) is 0 Å². The molecule has 100 valence electrons. The monoisotopic (exact) mass is 322 g/mol. The van der Waals surface area contributed by atoms with E-state index in [1.165, 1.54) is 6.07 Å². The molecule has 0 heterocycles. The molecule has 0 radical (unpaired) electrons. The summed E-state index contributed by atoms with van der Waals surface area (Å²) in [6, 6.07) is 5.05. The number of rotatable bonds is 4. The Morgan fingerprint density at radius 2 is 2.00 bits per heavy atom. The number of halogens is 4. The number of alkyl halides is 4. The molecule has 0 unspecified atom stereocenters. The van der Waals surface area contributed by atoms with Gasteiger partial charge in [0.2, 0.25) is 0 Å². The first kappa shape index (κ1) is 13.7. The van der Waals surface area contributed by atoms with Gasteiger partial charge in [-0.15, -0.1) is 0 Å². The summed E-state index contributed by atoms with van der Waals surface area (Å²) < 4.78 is 43.1. The van der Waals surface area contributed by atoms with E-state index in [0.29, 0.717) is 6.61 Å². The summed E-state index contributed by atoms with van der Waals surface area (Å²) in [6.45, 7) is 0.472. The van der Waals surface area contributed by atoms with E-state index >= 15 is 0 Å². The Hall–Kier alpha value is -0.710. The predicted molar refractivity (Wildman–Crippen MR) is 67.0 cm³/mol. The number of hydrogen-bond acceptors (Lipinski definition) is 1. The van der Waals surface area contributed by atoms with E-state index in [2.05, 4.69) is 15.9 Å². The first-order chi connectivity index (χ1) is 8.45. The lowest BCUT2D eigenvalue weighted by atomic mass is 9.71. The summed E-state index contributed by atoms with van der Waals surface area (Å²) in [7, 11) is 0. The molecular weight excluding hydrogens is 309 g/mol. The number of hydrogen-bond donors (Lipinski definition) is 0. The van der Waals surface area contributed by atoms with Crippen LogP contribution in [0.1, 0.15) is 24.8 Å². The smallest absolute Gasteiger partial charge is 0.416 e. The SMILES string of the molecule is FC(F)(F)c1cccc(OCC2(CBr)CCC2)c1. The lowest BCUT2D eigenvalue weighted by molar-refractivity contribution is -0.137. The third-order valence-electron chi connectivity index (χ3n) is 3.40. The summed E-state index contributed by atoms with van der Waals surface area (Å²) in [5, 5.41) is 0.832. The van der Waals surface area contributed by atoms with E-state index in [9.17, 15) is 13.2 Å². The Morgan fingerprint density at radius 3 is 2.50 bits per heavy atom. The van der Waals surface area contributed by atoms with Crippen molar-refractivity contribution >= 4 is 15.9 Å². The zero-order chi connectivity index (χ0) is 13.2. The Morgan fingerprint density at radius 1 is 1.28 bits per heavy atom. The summed E-state index contributed by atoms with van der Waals surface area (Å²) in [4.78, 5) is 0. The number of ether oxygens (including phenoxy) is 1. The largest absolute Gasteiger partial charge is 0.493 e. The van der Waals surface area contributed by atoms with Gasteiger partial charge in [-0.2, -0.15) is 13.2 Å². The van der Waals surface area contributed by atoms with Crippen molar-refractivity contribution in [2.75, 3.05) is 11.9 Å². The summed E-state index contributed by atoms with van der Waals surface area (Å²) >= 11 is 3.44. The fourth-order valence-electron chi connectivity index (χ4n) is 1.99. The molecule has 0 spiro atoms. The molecule has 1 saturated carbocycles. The molecule has 1 aromatic carbocycles. The van der Waals surface area contributed by atoms with Crippen LogP contribution in [0.25, 0.3) is 0 Å². The highest BCUT2D eigenvalue weighted by Gasteiger charge is 2.37. The van der Waals surface area contributed by atoms with E-state index in [4.69, 9.17) is 4.74 Å². The van der Waals surface area contributed by atoms with Crippen molar-refractivity contribution in [3.05, 3.63) is 29.8 Å². The van der Waals surface area contributed by atoms with Gasteiger partial charge in [0, 0.05) is 10.7 Å². The van der Waals surface area contributed by atoms with Crippen LogP contribution in [-0.4, -0.2) is 11.9 Å². The van der Waals surface area contributed by atoms with Gasteiger partial charge >= 0.3 is 6.18 Å². The second kappa shape index (κ2) is 5.11. The standard InChI is InChI=1S/C13H14BrF3O/c14-8-12(5-2-6-12)9-18-11-4-1-3-10(7-11)13(15,16)17/h1,3-4,7H,2,5-6,8-9H2. The summed E-state index contributed by atoms with van der Waals surface area (Å²) in [5.41, 5.74) is -0.560. The zero-order valence-corrected chi connectivity index (χ0v) is 11.4. The van der Waals surface area contributed by atoms with Crippen molar-refractivity contribution in [3.8, 4) is 5.75 Å². The maximum atomic E-state index is 12.5. The van der Waals surface area contributed by atoms with Gasteiger partial charge in [0.25, 0.3) is 0 Å². The van der Waals surface area contributed by atoms with Crippen LogP contribution >= 0.6 is 15.9 Å². The lowest BCUT2D eigenvalue weighted by Crippen LogP contribution is -2.37. The van der Waals surface area contributed by atoms with E-state index in [0.717, 1.165) is 36.7 Å². The van der Waals surface area contributed by atoms with Crippen LogP contribution < -0.4 is 4.74 Å². The molecule has 5 heteroatoms. The van der Waals surface area contributed by atoms with Crippen LogP contribution in [0.2, 0.25) is 0 Å². The van der Waals surface area contributed by atoms with Gasteiger partial charge in [0.15, 0.2) is 0 Å². The van der Waals surface area contributed by atoms with Gasteiger partial charge in [-0.1, -0.05) is 28.4 Å². The highest BCUT2D eigenvalue weighted by atomic mass is 79.9. The molecule has 0 aromatic heterocycles. The van der Waals surface area contributed by atoms with Crippen LogP contribution in [0.15, 0.2) is 24.3 Å². The minimum Gasteiger partial charge on any atom is -0.493 e. The fourth-order valence-corrected chi connectivity index (χ4v) is 2.71.